The number of hydrogen-bond donors (Lipinski definition) is 2. The summed E-state index contributed by atoms with van der Waals surface area (Å²) in [6, 6.07) is -0.350. The van der Waals surface area contributed by atoms with Crippen LogP contribution in [0.4, 0.5) is 0 Å². The Morgan fingerprint density at radius 3 is 1.88 bits per heavy atom. The van der Waals surface area contributed by atoms with Crippen LogP contribution >= 0.6 is 0 Å². The SMILES string of the molecule is CNC(CC(=O)C(C)(C)C)C(C)(C)C(=O)O. The van der Waals surface area contributed by atoms with Gasteiger partial charge in [0.15, 0.2) is 0 Å². The van der Waals surface area contributed by atoms with Gasteiger partial charge in [0.25, 0.3) is 0 Å². The minimum absolute atomic E-state index is 0.0705. The van der Waals surface area contributed by atoms with Crippen molar-refractivity contribution in [2.24, 2.45) is 10.8 Å². The topological polar surface area (TPSA) is 66.4 Å². The normalized spacial score (nSPS) is 14.6. The smallest absolute Gasteiger partial charge is 0.310 e. The van der Waals surface area contributed by atoms with Crippen molar-refractivity contribution in [1.82, 2.24) is 5.32 Å². The summed E-state index contributed by atoms with van der Waals surface area (Å²) in [6.07, 6.45) is 0.235. The van der Waals surface area contributed by atoms with Crippen molar-refractivity contribution in [1.29, 1.82) is 0 Å². The molecule has 0 amide bonds. The summed E-state index contributed by atoms with van der Waals surface area (Å²) in [5.41, 5.74) is -1.38. The molecule has 4 nitrogen and oxygen atoms in total. The standard InChI is InChI=1S/C12H23NO3/c1-11(2,3)9(14)7-8(13-6)12(4,5)10(15)16/h8,13H,7H2,1-6H3,(H,15,16). The zero-order chi connectivity index (χ0) is 13.1. The maximum atomic E-state index is 11.9. The van der Waals surface area contributed by atoms with Crippen molar-refractivity contribution < 1.29 is 14.7 Å². The second-order valence-electron chi connectivity index (χ2n) is 5.75. The number of carboxylic acid groups (broad SMARTS) is 1. The highest BCUT2D eigenvalue weighted by Gasteiger charge is 2.38. The Bertz CT molecular complexity index is 276. The summed E-state index contributed by atoms with van der Waals surface area (Å²) in [5, 5.41) is 12.0. The molecule has 16 heavy (non-hydrogen) atoms. The molecular formula is C12H23NO3. The first-order valence-corrected chi connectivity index (χ1v) is 5.47. The Morgan fingerprint density at radius 1 is 1.19 bits per heavy atom. The Balaban J connectivity index is 4.79. The highest BCUT2D eigenvalue weighted by molar-refractivity contribution is 5.85. The Labute approximate surface area is 97.4 Å². The first kappa shape index (κ1) is 15.1. The van der Waals surface area contributed by atoms with Crippen LogP contribution in [0, 0.1) is 10.8 Å². The molecule has 2 N–H and O–H groups in total. The Hall–Kier alpha value is -0.900. The lowest BCUT2D eigenvalue weighted by atomic mass is 9.78. The summed E-state index contributed by atoms with van der Waals surface area (Å²) < 4.78 is 0. The van der Waals surface area contributed by atoms with Gasteiger partial charge in [-0.05, 0) is 20.9 Å². The highest BCUT2D eigenvalue weighted by Crippen LogP contribution is 2.27. The van der Waals surface area contributed by atoms with E-state index < -0.39 is 16.8 Å². The van der Waals surface area contributed by atoms with E-state index in [4.69, 9.17) is 5.11 Å². The number of ketones is 1. The van der Waals surface area contributed by atoms with Gasteiger partial charge < -0.3 is 10.4 Å². The Kier molecular flexibility index (Phi) is 4.68. The minimum Gasteiger partial charge on any atom is -0.481 e. The van der Waals surface area contributed by atoms with E-state index in [9.17, 15) is 9.59 Å². The number of carboxylic acids is 1. The van der Waals surface area contributed by atoms with Gasteiger partial charge in [-0.25, -0.2) is 0 Å². The lowest BCUT2D eigenvalue weighted by molar-refractivity contribution is -0.149. The van der Waals surface area contributed by atoms with Crippen molar-refractivity contribution in [3.8, 4) is 0 Å². The third-order valence-electron chi connectivity index (χ3n) is 3.00. The van der Waals surface area contributed by atoms with Gasteiger partial charge in [0.05, 0.1) is 5.41 Å². The summed E-state index contributed by atoms with van der Waals surface area (Å²) in [4.78, 5) is 23.0. The van der Waals surface area contributed by atoms with Crippen LogP contribution < -0.4 is 5.32 Å². The molecule has 0 aliphatic carbocycles. The van der Waals surface area contributed by atoms with Gasteiger partial charge in [0.1, 0.15) is 5.78 Å². The molecule has 0 heterocycles. The summed E-state index contributed by atoms with van der Waals surface area (Å²) in [5.74, 6) is -0.824. The van der Waals surface area contributed by atoms with E-state index in [1.165, 1.54) is 0 Å². The molecule has 94 valence electrons. The lowest BCUT2D eigenvalue weighted by Crippen LogP contribution is -2.47. The van der Waals surface area contributed by atoms with E-state index in [1.54, 1.807) is 20.9 Å². The zero-order valence-electron chi connectivity index (χ0n) is 11.0. The van der Waals surface area contributed by atoms with Crippen LogP contribution in [-0.4, -0.2) is 29.9 Å². The number of Topliss-reactive ketones (excluding diaryl/α,β-unsaturated/α-hetero) is 1. The summed E-state index contributed by atoms with van der Waals surface area (Å²) in [6.45, 7) is 8.79. The van der Waals surface area contributed by atoms with Crippen molar-refractivity contribution >= 4 is 11.8 Å². The van der Waals surface area contributed by atoms with Gasteiger partial charge in [-0.3, -0.25) is 9.59 Å². The second-order valence-corrected chi connectivity index (χ2v) is 5.75. The first-order valence-electron chi connectivity index (χ1n) is 5.47. The second kappa shape index (κ2) is 4.95. The third kappa shape index (κ3) is 3.59. The zero-order valence-corrected chi connectivity index (χ0v) is 11.0. The van der Waals surface area contributed by atoms with E-state index in [1.807, 2.05) is 20.8 Å². The van der Waals surface area contributed by atoms with Crippen molar-refractivity contribution in [2.45, 2.75) is 47.1 Å². The van der Waals surface area contributed by atoms with Crippen LogP contribution in [-0.2, 0) is 9.59 Å². The molecule has 0 aliphatic rings. The molecule has 0 saturated heterocycles. The lowest BCUT2D eigenvalue weighted by Gasteiger charge is -2.31. The van der Waals surface area contributed by atoms with Gasteiger partial charge in [0.2, 0.25) is 0 Å². The number of aliphatic carboxylic acids is 1. The molecule has 0 bridgehead atoms. The van der Waals surface area contributed by atoms with E-state index in [0.717, 1.165) is 0 Å². The quantitative estimate of drug-likeness (QED) is 0.753. The average molecular weight is 229 g/mol. The van der Waals surface area contributed by atoms with E-state index >= 15 is 0 Å². The number of hydrogen-bond acceptors (Lipinski definition) is 3. The van der Waals surface area contributed by atoms with Crippen LogP contribution in [0.3, 0.4) is 0 Å². The van der Waals surface area contributed by atoms with E-state index in [0.29, 0.717) is 0 Å². The summed E-state index contributed by atoms with van der Waals surface area (Å²) >= 11 is 0. The molecular weight excluding hydrogens is 206 g/mol. The molecule has 4 heteroatoms. The van der Waals surface area contributed by atoms with Crippen molar-refractivity contribution in [2.75, 3.05) is 7.05 Å². The van der Waals surface area contributed by atoms with Crippen LogP contribution in [0.15, 0.2) is 0 Å². The van der Waals surface area contributed by atoms with Gasteiger partial charge in [-0.2, -0.15) is 0 Å². The number of carbonyl (C=O) groups excluding carboxylic acids is 1. The molecule has 0 spiro atoms. The van der Waals surface area contributed by atoms with Gasteiger partial charge >= 0.3 is 5.97 Å². The Morgan fingerprint density at radius 2 is 1.62 bits per heavy atom. The maximum Gasteiger partial charge on any atom is 0.310 e. The van der Waals surface area contributed by atoms with Crippen LogP contribution in [0.5, 0.6) is 0 Å². The largest absolute Gasteiger partial charge is 0.481 e. The van der Waals surface area contributed by atoms with Crippen LogP contribution in [0.1, 0.15) is 41.0 Å². The van der Waals surface area contributed by atoms with Crippen molar-refractivity contribution in [3.05, 3.63) is 0 Å². The van der Waals surface area contributed by atoms with Gasteiger partial charge in [0, 0.05) is 17.9 Å². The first-order chi connectivity index (χ1) is 7.03. The van der Waals surface area contributed by atoms with Crippen LogP contribution in [0.2, 0.25) is 0 Å². The fraction of sp³-hybridized carbons (Fsp3) is 0.833. The molecule has 0 saturated carbocycles. The molecule has 0 aliphatic heterocycles. The molecule has 0 rings (SSSR count). The molecule has 1 atom stereocenters. The summed E-state index contributed by atoms with van der Waals surface area (Å²) in [7, 11) is 1.69. The fourth-order valence-electron chi connectivity index (χ4n) is 1.36. The predicted molar refractivity (Wildman–Crippen MR) is 63.3 cm³/mol. The molecule has 1 unspecified atom stereocenters. The third-order valence-corrected chi connectivity index (χ3v) is 3.00. The monoisotopic (exact) mass is 229 g/mol. The average Bonchev–Trinajstić information content (AvgIpc) is 2.11. The number of rotatable bonds is 5. The molecule has 0 radical (unpaired) electrons. The van der Waals surface area contributed by atoms with E-state index in [2.05, 4.69) is 5.32 Å². The molecule has 0 aromatic heterocycles. The molecule has 0 aromatic rings. The molecule has 0 fully saturated rings. The van der Waals surface area contributed by atoms with Gasteiger partial charge in [-0.15, -0.1) is 0 Å². The minimum atomic E-state index is -0.949. The number of nitrogens with one attached hydrogen (secondary N) is 1. The highest BCUT2D eigenvalue weighted by atomic mass is 16.4. The number of carbonyl (C=O) groups is 2. The predicted octanol–water partition coefficient (Wildman–Crippen LogP) is 1.69. The maximum absolute atomic E-state index is 11.9. The van der Waals surface area contributed by atoms with Crippen molar-refractivity contribution in [3.63, 3.8) is 0 Å². The van der Waals surface area contributed by atoms with Gasteiger partial charge in [-0.1, -0.05) is 20.8 Å². The van der Waals surface area contributed by atoms with Crippen LogP contribution in [0.25, 0.3) is 0 Å². The molecule has 0 aromatic carbocycles. The fourth-order valence-corrected chi connectivity index (χ4v) is 1.36. The van der Waals surface area contributed by atoms with E-state index in [-0.39, 0.29) is 18.2 Å².